The number of benzene rings is 2. The second kappa shape index (κ2) is 13.1. The van der Waals surface area contributed by atoms with Crippen LogP contribution in [0.1, 0.15) is 26.2 Å². The summed E-state index contributed by atoms with van der Waals surface area (Å²) >= 11 is 0. The van der Waals surface area contributed by atoms with E-state index in [1.165, 1.54) is 18.8 Å². The molecule has 4 aromatic rings. The van der Waals surface area contributed by atoms with E-state index in [0.717, 1.165) is 45.0 Å². The summed E-state index contributed by atoms with van der Waals surface area (Å²) in [5.74, 6) is -5.75. The first-order chi connectivity index (χ1) is 21.1. The average Bonchev–Trinajstić information content (AvgIpc) is 3.43. The normalized spacial score (nSPS) is 14.0. The Hall–Kier alpha value is -4.30. The van der Waals surface area contributed by atoms with Crippen LogP contribution in [-0.4, -0.2) is 60.4 Å². The molecule has 1 aliphatic rings. The monoisotopic (exact) mass is 631 g/mol. The molecule has 14 heteroatoms. The summed E-state index contributed by atoms with van der Waals surface area (Å²) < 4.78 is 94.4. The molecule has 0 unspecified atom stereocenters. The number of carbonyl (C=O) groups is 1. The molecule has 0 saturated carbocycles. The summed E-state index contributed by atoms with van der Waals surface area (Å²) in [6.45, 7) is 2.85. The molecule has 1 saturated heterocycles. The number of sulfonamides is 1. The average molecular weight is 632 g/mol. The van der Waals surface area contributed by atoms with E-state index < -0.39 is 62.1 Å². The van der Waals surface area contributed by atoms with Crippen LogP contribution >= 0.6 is 0 Å². The van der Waals surface area contributed by atoms with Gasteiger partial charge in [0.05, 0.1) is 17.8 Å². The van der Waals surface area contributed by atoms with Gasteiger partial charge in [0.1, 0.15) is 28.0 Å². The van der Waals surface area contributed by atoms with Gasteiger partial charge in [-0.25, -0.2) is 30.3 Å². The van der Waals surface area contributed by atoms with Crippen molar-refractivity contribution in [2.24, 2.45) is 0 Å². The smallest absolute Gasteiger partial charge is 0.304 e. The Bertz CT molecular complexity index is 1760. The summed E-state index contributed by atoms with van der Waals surface area (Å²) in [5.41, 5.74) is -0.640. The van der Waals surface area contributed by atoms with Crippen molar-refractivity contribution >= 4 is 21.7 Å². The van der Waals surface area contributed by atoms with Crippen molar-refractivity contribution in [3.63, 3.8) is 0 Å². The second-order valence-electron chi connectivity index (χ2n) is 10.2. The van der Waals surface area contributed by atoms with E-state index in [9.17, 15) is 22.0 Å². The van der Waals surface area contributed by atoms with Crippen LogP contribution in [0, 0.1) is 23.3 Å². The molecule has 5 rings (SSSR count). The number of esters is 1. The van der Waals surface area contributed by atoms with Crippen molar-refractivity contribution in [3.05, 3.63) is 84.3 Å². The van der Waals surface area contributed by atoms with Crippen LogP contribution in [0.3, 0.4) is 0 Å². The molecule has 0 N–H and O–H groups in total. The lowest BCUT2D eigenvalue weighted by Gasteiger charge is -2.26. The number of piperidine rings is 1. The van der Waals surface area contributed by atoms with Gasteiger partial charge in [0.2, 0.25) is 0 Å². The highest BCUT2D eigenvalue weighted by Gasteiger charge is 2.34. The minimum Gasteiger partial charge on any atom is -0.443 e. The van der Waals surface area contributed by atoms with E-state index >= 15 is 8.78 Å². The van der Waals surface area contributed by atoms with E-state index in [4.69, 9.17) is 4.74 Å². The van der Waals surface area contributed by atoms with Crippen molar-refractivity contribution in [1.82, 2.24) is 19.7 Å². The molecule has 0 bridgehead atoms. The fraction of sp³-hybridized carbons (Fsp3) is 0.300. The zero-order chi connectivity index (χ0) is 31.4. The lowest BCUT2D eigenvalue weighted by Crippen LogP contribution is -2.35. The van der Waals surface area contributed by atoms with Gasteiger partial charge < -0.3 is 9.64 Å². The van der Waals surface area contributed by atoms with Crippen molar-refractivity contribution in [2.45, 2.75) is 37.6 Å². The molecule has 1 fully saturated rings. The molecule has 0 radical (unpaired) electrons. The Labute approximate surface area is 251 Å². The van der Waals surface area contributed by atoms with Crippen molar-refractivity contribution < 1.29 is 35.5 Å². The van der Waals surface area contributed by atoms with Gasteiger partial charge in [-0.3, -0.25) is 14.5 Å². The molecule has 0 amide bonds. The number of aromatic nitrogens is 3. The lowest BCUT2D eigenvalue weighted by molar-refractivity contribution is -0.140. The number of halogens is 4. The molecular weight excluding hydrogens is 602 g/mol. The predicted molar refractivity (Wildman–Crippen MR) is 154 cm³/mol. The standard InChI is InChI=1S/C30H29F4N5O4S/c1-20(40)43-19-39(44(41,42)27-17-22(31)5-6-24(27)32)26-8-7-25(33)28(29(26)34)30-23(21-9-11-35-12-10-21)18-38(36-30)16-15-37-13-3-2-4-14-37/h5-12,17-18H,2-4,13-16,19H2,1H3. The van der Waals surface area contributed by atoms with Crippen molar-refractivity contribution in [3.8, 4) is 22.4 Å². The van der Waals surface area contributed by atoms with Crippen LogP contribution in [0.5, 0.6) is 0 Å². The second-order valence-corrected chi connectivity index (χ2v) is 12.1. The third kappa shape index (κ3) is 6.60. The van der Waals surface area contributed by atoms with Crippen LogP contribution < -0.4 is 4.31 Å². The maximum atomic E-state index is 16.5. The van der Waals surface area contributed by atoms with Gasteiger partial charge in [-0.05, 0) is 74.0 Å². The van der Waals surface area contributed by atoms with E-state index in [1.54, 1.807) is 23.0 Å². The van der Waals surface area contributed by atoms with Gasteiger partial charge in [-0.15, -0.1) is 0 Å². The molecule has 44 heavy (non-hydrogen) atoms. The number of likely N-dealkylation sites (tertiary alicyclic amines) is 1. The maximum absolute atomic E-state index is 16.5. The number of ether oxygens (including phenoxy) is 1. The Kier molecular flexibility index (Phi) is 9.30. The summed E-state index contributed by atoms with van der Waals surface area (Å²) in [6.07, 6.45) is 8.00. The summed E-state index contributed by atoms with van der Waals surface area (Å²) in [5, 5.41) is 4.51. The predicted octanol–water partition coefficient (Wildman–Crippen LogP) is 5.37. The molecule has 9 nitrogen and oxygen atoms in total. The third-order valence-electron chi connectivity index (χ3n) is 7.27. The summed E-state index contributed by atoms with van der Waals surface area (Å²) in [6, 6.07) is 6.64. The van der Waals surface area contributed by atoms with Crippen LogP contribution in [0.2, 0.25) is 0 Å². The van der Waals surface area contributed by atoms with Gasteiger partial charge >= 0.3 is 5.97 Å². The first kappa shape index (κ1) is 31.1. The molecule has 232 valence electrons. The third-order valence-corrected chi connectivity index (χ3v) is 9.02. The molecule has 3 heterocycles. The first-order valence-electron chi connectivity index (χ1n) is 13.9. The van der Waals surface area contributed by atoms with Gasteiger partial charge in [-0.2, -0.15) is 5.10 Å². The zero-order valence-electron chi connectivity index (χ0n) is 23.7. The Morgan fingerprint density at radius 3 is 2.36 bits per heavy atom. The molecule has 0 aliphatic carbocycles. The minimum absolute atomic E-state index is 0.117. The van der Waals surface area contributed by atoms with E-state index in [2.05, 4.69) is 15.0 Å². The number of rotatable bonds is 10. The number of anilines is 1. The molecule has 0 atom stereocenters. The van der Waals surface area contributed by atoms with E-state index in [1.807, 2.05) is 0 Å². The molecule has 1 aliphatic heterocycles. The highest BCUT2D eigenvalue weighted by molar-refractivity contribution is 7.92. The van der Waals surface area contributed by atoms with Gasteiger partial charge in [0, 0.05) is 37.6 Å². The quantitative estimate of drug-likeness (QED) is 0.132. The molecular formula is C30H29F4N5O4S. The van der Waals surface area contributed by atoms with Gasteiger partial charge in [0.15, 0.2) is 12.5 Å². The minimum atomic E-state index is -5.08. The maximum Gasteiger partial charge on any atom is 0.304 e. The van der Waals surface area contributed by atoms with Crippen LogP contribution in [0.4, 0.5) is 23.2 Å². The molecule has 0 spiro atoms. The van der Waals surface area contributed by atoms with Crippen LogP contribution in [0.25, 0.3) is 22.4 Å². The lowest BCUT2D eigenvalue weighted by atomic mass is 10.0. The Balaban J connectivity index is 1.63. The highest BCUT2D eigenvalue weighted by Crippen LogP contribution is 2.39. The van der Waals surface area contributed by atoms with Gasteiger partial charge in [-0.1, -0.05) is 6.42 Å². The first-order valence-corrected chi connectivity index (χ1v) is 15.3. The molecule has 2 aromatic heterocycles. The Morgan fingerprint density at radius 2 is 1.66 bits per heavy atom. The van der Waals surface area contributed by atoms with Crippen LogP contribution in [-0.2, 0) is 26.1 Å². The number of nitrogens with zero attached hydrogens (tertiary/aromatic N) is 5. The zero-order valence-corrected chi connectivity index (χ0v) is 24.5. The highest BCUT2D eigenvalue weighted by atomic mass is 32.2. The summed E-state index contributed by atoms with van der Waals surface area (Å²) in [4.78, 5) is 16.8. The number of carbonyl (C=O) groups excluding carboxylic acids is 1. The SMILES string of the molecule is CC(=O)OCN(c1ccc(F)c(-c2nn(CCN3CCCCC3)cc2-c2ccncc2)c1F)S(=O)(=O)c1cc(F)ccc1F. The van der Waals surface area contributed by atoms with Gasteiger partial charge in [0.25, 0.3) is 10.0 Å². The van der Waals surface area contributed by atoms with E-state index in [-0.39, 0.29) is 10.00 Å². The number of hydrogen-bond donors (Lipinski definition) is 0. The fourth-order valence-electron chi connectivity index (χ4n) is 5.05. The van der Waals surface area contributed by atoms with Crippen molar-refractivity contribution in [1.29, 1.82) is 0 Å². The van der Waals surface area contributed by atoms with Crippen molar-refractivity contribution in [2.75, 3.05) is 30.7 Å². The van der Waals surface area contributed by atoms with Crippen LogP contribution in [0.15, 0.2) is 66.0 Å². The topological polar surface area (TPSA) is 97.6 Å². The molecule has 2 aromatic carbocycles. The van der Waals surface area contributed by atoms with E-state index in [0.29, 0.717) is 42.4 Å². The number of hydrogen-bond acceptors (Lipinski definition) is 7. The fourth-order valence-corrected chi connectivity index (χ4v) is 6.46. The summed E-state index contributed by atoms with van der Waals surface area (Å²) in [7, 11) is -5.08. The largest absolute Gasteiger partial charge is 0.443 e. The Morgan fingerprint density at radius 1 is 0.955 bits per heavy atom. The number of pyridine rings is 1.